The molecule has 2 rings (SSSR count). The van der Waals surface area contributed by atoms with E-state index in [1.807, 2.05) is 10.7 Å². The van der Waals surface area contributed by atoms with Crippen molar-refractivity contribution in [1.82, 2.24) is 15.1 Å². The van der Waals surface area contributed by atoms with E-state index in [1.54, 1.807) is 6.20 Å². The third-order valence-electron chi connectivity index (χ3n) is 3.24. The van der Waals surface area contributed by atoms with Crippen LogP contribution in [-0.4, -0.2) is 22.9 Å². The number of halogens is 1. The Morgan fingerprint density at radius 2 is 2.38 bits per heavy atom. The van der Waals surface area contributed by atoms with Gasteiger partial charge in [-0.15, -0.1) is 0 Å². The summed E-state index contributed by atoms with van der Waals surface area (Å²) in [6.45, 7) is 4.58. The number of hydrogen-bond acceptors (Lipinski definition) is 2. The van der Waals surface area contributed by atoms with E-state index in [4.69, 9.17) is 0 Å². The molecule has 16 heavy (non-hydrogen) atoms. The maximum atomic E-state index is 14.9. The Morgan fingerprint density at radius 1 is 1.50 bits per heavy atom. The number of hydrogen-bond donors (Lipinski definition) is 1. The van der Waals surface area contributed by atoms with Crippen molar-refractivity contribution in [3.63, 3.8) is 0 Å². The number of nitrogens with one attached hydrogen (secondary N) is 1. The Bertz CT molecular complexity index is 327. The average Bonchev–Trinajstić information content (AvgIpc) is 2.62. The molecular weight excluding hydrogens is 205 g/mol. The lowest BCUT2D eigenvalue weighted by atomic mass is 9.93. The molecule has 1 N–H and O–H groups in total. The van der Waals surface area contributed by atoms with E-state index in [0.717, 1.165) is 38.2 Å². The van der Waals surface area contributed by atoms with Crippen molar-refractivity contribution >= 4 is 0 Å². The number of rotatable bonds is 3. The highest BCUT2D eigenvalue weighted by Crippen LogP contribution is 2.35. The predicted octanol–water partition coefficient (Wildman–Crippen LogP) is 2.23. The quantitative estimate of drug-likeness (QED) is 0.855. The first-order valence-electron chi connectivity index (χ1n) is 6.18. The van der Waals surface area contributed by atoms with Crippen LogP contribution in [0.1, 0.15) is 38.3 Å². The van der Waals surface area contributed by atoms with Crippen molar-refractivity contribution in [2.75, 3.05) is 13.1 Å². The van der Waals surface area contributed by atoms with Gasteiger partial charge >= 0.3 is 0 Å². The van der Waals surface area contributed by atoms with Crippen molar-refractivity contribution in [1.29, 1.82) is 0 Å². The minimum Gasteiger partial charge on any atom is -0.317 e. The molecule has 4 heteroatoms. The smallest absolute Gasteiger partial charge is 0.153 e. The molecule has 0 bridgehead atoms. The summed E-state index contributed by atoms with van der Waals surface area (Å²) in [5.41, 5.74) is -0.423. The minimum absolute atomic E-state index is 0.558. The molecule has 90 valence electrons. The average molecular weight is 225 g/mol. The van der Waals surface area contributed by atoms with Crippen molar-refractivity contribution in [3.05, 3.63) is 18.0 Å². The molecular formula is C12H20FN3. The van der Waals surface area contributed by atoms with Crippen molar-refractivity contribution in [3.8, 4) is 0 Å². The standard InChI is InChI=1S/C12H20FN3/c1-2-10-16-11(4-8-15-16)12(13)5-3-7-14-9-6-12/h4,8,14H,2-3,5-7,9-10H2,1H3. The maximum absolute atomic E-state index is 14.9. The van der Waals surface area contributed by atoms with Gasteiger partial charge in [0.2, 0.25) is 0 Å². The molecule has 1 aromatic heterocycles. The van der Waals surface area contributed by atoms with E-state index in [-0.39, 0.29) is 0 Å². The first kappa shape index (κ1) is 11.6. The summed E-state index contributed by atoms with van der Waals surface area (Å²) in [5, 5.41) is 7.46. The Kier molecular flexibility index (Phi) is 3.59. The summed E-state index contributed by atoms with van der Waals surface area (Å²) in [6, 6.07) is 1.83. The molecule has 1 fully saturated rings. The van der Waals surface area contributed by atoms with Crippen LogP contribution in [-0.2, 0) is 12.2 Å². The van der Waals surface area contributed by atoms with Crippen LogP contribution in [0.25, 0.3) is 0 Å². The zero-order valence-corrected chi connectivity index (χ0v) is 9.88. The summed E-state index contributed by atoms with van der Waals surface area (Å²) < 4.78 is 16.7. The minimum atomic E-state index is -1.19. The van der Waals surface area contributed by atoms with Gasteiger partial charge < -0.3 is 5.32 Å². The molecule has 1 aliphatic rings. The summed E-state index contributed by atoms with van der Waals surface area (Å²) in [5.74, 6) is 0. The van der Waals surface area contributed by atoms with Crippen molar-refractivity contribution in [2.24, 2.45) is 0 Å². The molecule has 1 atom stereocenters. The van der Waals surface area contributed by atoms with Gasteiger partial charge in [0.15, 0.2) is 5.67 Å². The highest BCUT2D eigenvalue weighted by molar-refractivity contribution is 5.13. The summed E-state index contributed by atoms with van der Waals surface area (Å²) in [6.07, 6.45) is 4.76. The zero-order chi connectivity index (χ0) is 11.4. The van der Waals surface area contributed by atoms with Crippen LogP contribution in [0.3, 0.4) is 0 Å². The number of alkyl halides is 1. The highest BCUT2D eigenvalue weighted by Gasteiger charge is 2.35. The third-order valence-corrected chi connectivity index (χ3v) is 3.24. The van der Waals surface area contributed by atoms with Crippen LogP contribution in [0.4, 0.5) is 4.39 Å². The van der Waals surface area contributed by atoms with Gasteiger partial charge in [0.05, 0.1) is 5.69 Å². The van der Waals surface area contributed by atoms with Crippen LogP contribution in [0.15, 0.2) is 12.3 Å². The lowest BCUT2D eigenvalue weighted by Gasteiger charge is -2.24. The summed E-state index contributed by atoms with van der Waals surface area (Å²) in [7, 11) is 0. The Hall–Kier alpha value is -0.900. The Labute approximate surface area is 96.0 Å². The highest BCUT2D eigenvalue weighted by atomic mass is 19.1. The zero-order valence-electron chi connectivity index (χ0n) is 9.88. The van der Waals surface area contributed by atoms with Crippen LogP contribution < -0.4 is 5.32 Å². The summed E-state index contributed by atoms with van der Waals surface area (Å²) >= 11 is 0. The van der Waals surface area contributed by atoms with Gasteiger partial charge in [0, 0.05) is 12.7 Å². The number of aromatic nitrogens is 2. The van der Waals surface area contributed by atoms with E-state index >= 15 is 0 Å². The Morgan fingerprint density at radius 3 is 3.19 bits per heavy atom. The predicted molar refractivity (Wildman–Crippen MR) is 62.0 cm³/mol. The lowest BCUT2D eigenvalue weighted by molar-refractivity contribution is 0.131. The molecule has 0 aromatic carbocycles. The maximum Gasteiger partial charge on any atom is 0.153 e. The molecule has 1 aliphatic heterocycles. The van der Waals surface area contributed by atoms with Crippen LogP contribution >= 0.6 is 0 Å². The molecule has 0 radical (unpaired) electrons. The fraction of sp³-hybridized carbons (Fsp3) is 0.750. The fourth-order valence-electron chi connectivity index (χ4n) is 2.39. The molecule has 0 amide bonds. The second kappa shape index (κ2) is 4.95. The topological polar surface area (TPSA) is 29.9 Å². The van der Waals surface area contributed by atoms with E-state index in [9.17, 15) is 4.39 Å². The largest absolute Gasteiger partial charge is 0.317 e. The van der Waals surface area contributed by atoms with E-state index < -0.39 is 5.67 Å². The van der Waals surface area contributed by atoms with E-state index in [1.165, 1.54) is 0 Å². The van der Waals surface area contributed by atoms with Gasteiger partial charge in [-0.05, 0) is 44.8 Å². The van der Waals surface area contributed by atoms with Gasteiger partial charge in [-0.3, -0.25) is 4.68 Å². The lowest BCUT2D eigenvalue weighted by Crippen LogP contribution is -2.26. The molecule has 1 saturated heterocycles. The molecule has 0 saturated carbocycles. The van der Waals surface area contributed by atoms with Gasteiger partial charge in [-0.1, -0.05) is 6.92 Å². The second-order valence-electron chi connectivity index (χ2n) is 4.51. The fourth-order valence-corrected chi connectivity index (χ4v) is 2.39. The van der Waals surface area contributed by atoms with Gasteiger partial charge in [0.1, 0.15) is 0 Å². The number of nitrogens with zero attached hydrogens (tertiary/aromatic N) is 2. The molecule has 3 nitrogen and oxygen atoms in total. The first-order chi connectivity index (χ1) is 7.76. The molecule has 2 heterocycles. The van der Waals surface area contributed by atoms with Gasteiger partial charge in [0.25, 0.3) is 0 Å². The van der Waals surface area contributed by atoms with Gasteiger partial charge in [-0.25, -0.2) is 4.39 Å². The van der Waals surface area contributed by atoms with Crippen molar-refractivity contribution in [2.45, 2.75) is 44.8 Å². The molecule has 1 unspecified atom stereocenters. The van der Waals surface area contributed by atoms with Crippen LogP contribution in [0, 0.1) is 0 Å². The summed E-state index contributed by atoms with van der Waals surface area (Å²) in [4.78, 5) is 0. The number of aryl methyl sites for hydroxylation is 1. The van der Waals surface area contributed by atoms with E-state index in [0.29, 0.717) is 12.8 Å². The van der Waals surface area contributed by atoms with Crippen LogP contribution in [0.2, 0.25) is 0 Å². The Balaban J connectivity index is 2.22. The second-order valence-corrected chi connectivity index (χ2v) is 4.51. The van der Waals surface area contributed by atoms with Crippen LogP contribution in [0.5, 0.6) is 0 Å². The molecule has 0 aliphatic carbocycles. The van der Waals surface area contributed by atoms with E-state index in [2.05, 4.69) is 17.3 Å². The monoisotopic (exact) mass is 225 g/mol. The SMILES string of the molecule is CCCn1nccc1C1(F)CCCNCC1. The third kappa shape index (κ3) is 2.26. The molecule has 1 aromatic rings. The first-order valence-corrected chi connectivity index (χ1v) is 6.18. The van der Waals surface area contributed by atoms with Gasteiger partial charge in [-0.2, -0.15) is 5.10 Å². The molecule has 0 spiro atoms. The normalized spacial score (nSPS) is 26.6. The van der Waals surface area contributed by atoms with Crippen molar-refractivity contribution < 1.29 is 4.39 Å².